The first-order valence-corrected chi connectivity index (χ1v) is 8.66. The van der Waals surface area contributed by atoms with Crippen molar-refractivity contribution < 1.29 is 9.90 Å². The van der Waals surface area contributed by atoms with E-state index < -0.39 is 5.91 Å². The molecule has 0 aliphatic carbocycles. The van der Waals surface area contributed by atoms with Crippen molar-refractivity contribution in [2.24, 2.45) is 0 Å². The van der Waals surface area contributed by atoms with Crippen LogP contribution >= 0.6 is 11.3 Å². The second-order valence-corrected chi connectivity index (χ2v) is 6.27. The van der Waals surface area contributed by atoms with Crippen molar-refractivity contribution >= 4 is 28.5 Å². The van der Waals surface area contributed by atoms with Crippen LogP contribution in [0.2, 0.25) is 0 Å². The molecule has 0 radical (unpaired) electrons. The largest absolute Gasteiger partial charge is 0.507 e. The van der Waals surface area contributed by atoms with Crippen LogP contribution in [-0.4, -0.2) is 16.0 Å². The average molecular weight is 372 g/mol. The number of thiazole rings is 1. The third-order valence-electron chi connectivity index (χ3n) is 3.61. The van der Waals surface area contributed by atoms with Crippen molar-refractivity contribution in [1.29, 1.82) is 10.5 Å². The zero-order valence-electron chi connectivity index (χ0n) is 13.9. The molecule has 2 N–H and O–H groups in total. The molecule has 6 nitrogen and oxygen atoms in total. The summed E-state index contributed by atoms with van der Waals surface area (Å²) in [5.74, 6) is -0.758. The van der Waals surface area contributed by atoms with Crippen LogP contribution in [0, 0.1) is 22.7 Å². The molecule has 0 bridgehead atoms. The highest BCUT2D eigenvalue weighted by Gasteiger charge is 2.13. The number of carbonyl (C=O) groups is 1. The van der Waals surface area contributed by atoms with Gasteiger partial charge >= 0.3 is 0 Å². The van der Waals surface area contributed by atoms with E-state index in [9.17, 15) is 15.2 Å². The summed E-state index contributed by atoms with van der Waals surface area (Å²) < 4.78 is 0. The van der Waals surface area contributed by atoms with Crippen molar-refractivity contribution in [3.63, 3.8) is 0 Å². The molecule has 3 rings (SSSR count). The number of hydrogen-bond donors (Lipinski definition) is 2. The van der Waals surface area contributed by atoms with Gasteiger partial charge in [0.15, 0.2) is 5.13 Å². The lowest BCUT2D eigenvalue weighted by Gasteiger charge is -2.02. The van der Waals surface area contributed by atoms with Gasteiger partial charge in [0.25, 0.3) is 5.91 Å². The topological polar surface area (TPSA) is 110 Å². The Kier molecular flexibility index (Phi) is 5.27. The molecule has 130 valence electrons. The van der Waals surface area contributed by atoms with Gasteiger partial charge < -0.3 is 5.11 Å². The van der Waals surface area contributed by atoms with Crippen LogP contribution in [0.5, 0.6) is 5.75 Å². The first-order chi connectivity index (χ1) is 13.1. The number of nitrogens with zero attached hydrogens (tertiary/aromatic N) is 3. The molecule has 7 heteroatoms. The molecule has 27 heavy (non-hydrogen) atoms. The molecule has 0 aliphatic heterocycles. The van der Waals surface area contributed by atoms with Gasteiger partial charge in [-0.05, 0) is 23.8 Å². The SMILES string of the molecule is N#C/C(=C\c1ccc(O)c(C#N)c1)C(=O)Nc1nc(-c2ccccc2)cs1. The summed E-state index contributed by atoms with van der Waals surface area (Å²) in [5.41, 5.74) is 2.05. The molecule has 1 amide bonds. The molecule has 0 saturated carbocycles. The Morgan fingerprint density at radius 3 is 2.67 bits per heavy atom. The normalized spacial score (nSPS) is 10.7. The van der Waals surface area contributed by atoms with Gasteiger partial charge in [0.2, 0.25) is 0 Å². The summed E-state index contributed by atoms with van der Waals surface area (Å²) in [5, 5.41) is 32.6. The molecule has 0 aliphatic rings. The van der Waals surface area contributed by atoms with Crippen LogP contribution in [-0.2, 0) is 4.79 Å². The predicted molar refractivity (Wildman–Crippen MR) is 103 cm³/mol. The van der Waals surface area contributed by atoms with Gasteiger partial charge in [0.05, 0.1) is 11.3 Å². The highest BCUT2D eigenvalue weighted by molar-refractivity contribution is 7.14. The molecular weight excluding hydrogens is 360 g/mol. The zero-order valence-corrected chi connectivity index (χ0v) is 14.7. The lowest BCUT2D eigenvalue weighted by Crippen LogP contribution is -2.13. The Bertz CT molecular complexity index is 1110. The fraction of sp³-hybridized carbons (Fsp3) is 0. The Hall–Kier alpha value is -3.94. The number of nitriles is 2. The Balaban J connectivity index is 1.79. The average Bonchev–Trinajstić information content (AvgIpc) is 3.16. The third kappa shape index (κ3) is 4.18. The molecule has 0 atom stereocenters. The summed E-state index contributed by atoms with van der Waals surface area (Å²) in [4.78, 5) is 16.7. The number of phenols is 1. The Morgan fingerprint density at radius 1 is 1.19 bits per heavy atom. The van der Waals surface area contributed by atoms with Gasteiger partial charge in [0.1, 0.15) is 23.5 Å². The van der Waals surface area contributed by atoms with Crippen LogP contribution in [0.4, 0.5) is 5.13 Å². The number of carbonyl (C=O) groups excluding carboxylic acids is 1. The van der Waals surface area contributed by atoms with Crippen LogP contribution in [0.25, 0.3) is 17.3 Å². The molecule has 3 aromatic rings. The van der Waals surface area contributed by atoms with E-state index in [-0.39, 0.29) is 16.9 Å². The lowest BCUT2D eigenvalue weighted by molar-refractivity contribution is -0.112. The van der Waals surface area contributed by atoms with Gasteiger partial charge in [-0.15, -0.1) is 11.3 Å². The van der Waals surface area contributed by atoms with Crippen molar-refractivity contribution in [3.05, 3.63) is 70.6 Å². The number of aromatic hydroxyl groups is 1. The van der Waals surface area contributed by atoms with E-state index in [4.69, 9.17) is 5.26 Å². The van der Waals surface area contributed by atoms with E-state index in [1.54, 1.807) is 0 Å². The molecule has 1 heterocycles. The van der Waals surface area contributed by atoms with E-state index >= 15 is 0 Å². The van der Waals surface area contributed by atoms with E-state index in [1.165, 1.54) is 35.6 Å². The van der Waals surface area contributed by atoms with Crippen molar-refractivity contribution in [3.8, 4) is 29.1 Å². The molecule has 0 spiro atoms. The molecular formula is C20H12N4O2S. The maximum Gasteiger partial charge on any atom is 0.268 e. The standard InChI is InChI=1S/C20H12N4O2S/c21-10-15-8-13(6-7-18(15)25)9-16(11-22)19(26)24-20-23-17(12-27-20)14-4-2-1-3-5-14/h1-9,12,25H,(H,23,24,26)/b16-9+. The van der Waals surface area contributed by atoms with Crippen molar-refractivity contribution in [1.82, 2.24) is 4.98 Å². The summed E-state index contributed by atoms with van der Waals surface area (Å²) in [6, 6.07) is 17.5. The molecule has 0 unspecified atom stereocenters. The number of amides is 1. The summed E-state index contributed by atoms with van der Waals surface area (Å²) in [6.07, 6.45) is 1.35. The smallest absolute Gasteiger partial charge is 0.268 e. The molecule has 1 aromatic heterocycles. The van der Waals surface area contributed by atoms with E-state index in [2.05, 4.69) is 10.3 Å². The number of phenolic OH excluding ortho intramolecular Hbond substituents is 1. The van der Waals surface area contributed by atoms with Gasteiger partial charge in [-0.3, -0.25) is 10.1 Å². The fourth-order valence-corrected chi connectivity index (χ4v) is 3.00. The second kappa shape index (κ2) is 7.96. The highest BCUT2D eigenvalue weighted by atomic mass is 32.1. The van der Waals surface area contributed by atoms with Gasteiger partial charge in [-0.2, -0.15) is 10.5 Å². The molecule has 2 aromatic carbocycles. The molecule has 0 fully saturated rings. The lowest BCUT2D eigenvalue weighted by atomic mass is 10.1. The molecule has 0 saturated heterocycles. The second-order valence-electron chi connectivity index (χ2n) is 5.42. The van der Waals surface area contributed by atoms with Crippen LogP contribution in [0.15, 0.2) is 59.5 Å². The van der Waals surface area contributed by atoms with Crippen LogP contribution in [0.3, 0.4) is 0 Å². The van der Waals surface area contributed by atoms with E-state index in [0.29, 0.717) is 10.7 Å². The first kappa shape index (κ1) is 17.9. The third-order valence-corrected chi connectivity index (χ3v) is 4.37. The van der Waals surface area contributed by atoms with Gasteiger partial charge in [-0.25, -0.2) is 4.98 Å². The minimum atomic E-state index is -0.599. The summed E-state index contributed by atoms with van der Waals surface area (Å²) >= 11 is 1.26. The van der Waals surface area contributed by atoms with Crippen LogP contribution in [0.1, 0.15) is 11.1 Å². The maximum atomic E-state index is 12.4. The monoisotopic (exact) mass is 372 g/mol. The Labute approximate surface area is 159 Å². The number of nitrogens with one attached hydrogen (secondary N) is 1. The first-order valence-electron chi connectivity index (χ1n) is 7.78. The number of aromatic nitrogens is 1. The number of anilines is 1. The number of benzene rings is 2. The maximum absolute atomic E-state index is 12.4. The minimum absolute atomic E-state index is 0.0638. The van der Waals surface area contributed by atoms with Crippen molar-refractivity contribution in [2.75, 3.05) is 5.32 Å². The summed E-state index contributed by atoms with van der Waals surface area (Å²) in [6.45, 7) is 0. The van der Waals surface area contributed by atoms with Gasteiger partial charge in [0, 0.05) is 10.9 Å². The Morgan fingerprint density at radius 2 is 1.96 bits per heavy atom. The number of hydrogen-bond acceptors (Lipinski definition) is 6. The van der Waals surface area contributed by atoms with Crippen LogP contribution < -0.4 is 5.32 Å². The van der Waals surface area contributed by atoms with E-state index in [0.717, 1.165) is 11.3 Å². The number of rotatable bonds is 4. The summed E-state index contributed by atoms with van der Waals surface area (Å²) in [7, 11) is 0. The zero-order chi connectivity index (χ0) is 19.2. The van der Waals surface area contributed by atoms with E-state index in [1.807, 2.05) is 47.9 Å². The minimum Gasteiger partial charge on any atom is -0.507 e. The fourth-order valence-electron chi connectivity index (χ4n) is 2.29. The van der Waals surface area contributed by atoms with Crippen molar-refractivity contribution in [2.45, 2.75) is 0 Å². The predicted octanol–water partition coefficient (Wildman–Crippen LogP) is 3.93. The highest BCUT2D eigenvalue weighted by Crippen LogP contribution is 2.25. The van der Waals surface area contributed by atoms with Gasteiger partial charge in [-0.1, -0.05) is 36.4 Å². The quantitative estimate of drug-likeness (QED) is 0.532.